The summed E-state index contributed by atoms with van der Waals surface area (Å²) in [5.41, 5.74) is 8.72. The second-order valence-corrected chi connectivity index (χ2v) is 7.96. The van der Waals surface area contributed by atoms with Crippen LogP contribution in [0.4, 0.5) is 5.69 Å². The molecule has 1 fully saturated rings. The fraction of sp³-hybridized carbons (Fsp3) is 0.632. The maximum absolute atomic E-state index is 13.2. The first kappa shape index (κ1) is 20.7. The van der Waals surface area contributed by atoms with Gasteiger partial charge in [-0.2, -0.15) is 0 Å². The van der Waals surface area contributed by atoms with Crippen LogP contribution in [0.15, 0.2) is 22.7 Å². The Morgan fingerprint density at radius 3 is 2.60 bits per heavy atom. The largest absolute Gasteiger partial charge is 0.381 e. The molecule has 140 valence electrons. The third kappa shape index (κ3) is 3.75. The molecule has 2 heterocycles. The van der Waals surface area contributed by atoms with E-state index < -0.39 is 6.04 Å². The molecule has 1 aromatic carbocycles. The van der Waals surface area contributed by atoms with E-state index in [0.29, 0.717) is 13.2 Å². The van der Waals surface area contributed by atoms with Gasteiger partial charge in [0.25, 0.3) is 0 Å². The van der Waals surface area contributed by atoms with Crippen LogP contribution >= 0.6 is 28.3 Å². The third-order valence-electron chi connectivity index (χ3n) is 5.96. The van der Waals surface area contributed by atoms with Crippen LogP contribution in [-0.2, 0) is 14.9 Å². The van der Waals surface area contributed by atoms with Crippen LogP contribution in [0.25, 0.3) is 0 Å². The van der Waals surface area contributed by atoms with Crippen LogP contribution in [0.3, 0.4) is 0 Å². The minimum absolute atomic E-state index is 0. The molecule has 0 saturated carbocycles. The fourth-order valence-electron chi connectivity index (χ4n) is 4.15. The van der Waals surface area contributed by atoms with Crippen molar-refractivity contribution in [3.8, 4) is 0 Å². The Labute approximate surface area is 165 Å². The summed E-state index contributed by atoms with van der Waals surface area (Å²) >= 11 is 3.58. The van der Waals surface area contributed by atoms with Crippen molar-refractivity contribution < 1.29 is 9.53 Å². The summed E-state index contributed by atoms with van der Waals surface area (Å²) in [4.78, 5) is 15.1. The number of hydrogen-bond donors (Lipinski definition) is 1. The first-order chi connectivity index (χ1) is 11.5. The van der Waals surface area contributed by atoms with Crippen molar-refractivity contribution in [1.82, 2.24) is 0 Å². The number of benzene rings is 1. The molecule has 0 spiro atoms. The van der Waals surface area contributed by atoms with Crippen LogP contribution in [-0.4, -0.2) is 31.7 Å². The van der Waals surface area contributed by atoms with E-state index in [4.69, 9.17) is 10.5 Å². The van der Waals surface area contributed by atoms with Gasteiger partial charge in [-0.05, 0) is 55.4 Å². The summed E-state index contributed by atoms with van der Waals surface area (Å²) in [6.45, 7) is 6.58. The average molecular weight is 432 g/mol. The standard InChI is InChI=1S/C19H27BrN2O2.ClH/c1-3-19(4-2)12-22(16-6-5-14(20)11-15(16)19)18(23)17(21)13-7-9-24-10-8-13;/h5-6,11,13,17H,3-4,7-10,12,21H2,1-2H3;1H. The third-order valence-corrected chi connectivity index (χ3v) is 6.45. The number of fused-ring (bicyclic) bond motifs is 1. The lowest BCUT2D eigenvalue weighted by molar-refractivity contribution is -0.121. The number of ether oxygens (including phenoxy) is 1. The Morgan fingerprint density at radius 1 is 1.36 bits per heavy atom. The molecule has 1 amide bonds. The highest BCUT2D eigenvalue weighted by Crippen LogP contribution is 2.46. The van der Waals surface area contributed by atoms with Crippen molar-refractivity contribution in [2.45, 2.75) is 51.0 Å². The Kier molecular flexibility index (Phi) is 6.94. The summed E-state index contributed by atoms with van der Waals surface area (Å²) in [5, 5.41) is 0. The second-order valence-electron chi connectivity index (χ2n) is 7.05. The molecule has 2 N–H and O–H groups in total. The predicted octanol–water partition coefficient (Wildman–Crippen LogP) is 4.03. The number of hydrogen-bond acceptors (Lipinski definition) is 3. The second kappa shape index (κ2) is 8.38. The van der Waals surface area contributed by atoms with Crippen molar-refractivity contribution in [2.24, 2.45) is 11.7 Å². The molecule has 6 heteroatoms. The molecular formula is C19H28BrClN2O2. The van der Waals surface area contributed by atoms with Crippen LogP contribution in [0.2, 0.25) is 0 Å². The van der Waals surface area contributed by atoms with Gasteiger partial charge in [-0.25, -0.2) is 0 Å². The molecule has 1 unspecified atom stereocenters. The Bertz CT molecular complexity index is 615. The van der Waals surface area contributed by atoms with E-state index >= 15 is 0 Å². The van der Waals surface area contributed by atoms with Gasteiger partial charge in [0.2, 0.25) is 5.91 Å². The molecule has 0 bridgehead atoms. The highest BCUT2D eigenvalue weighted by atomic mass is 79.9. The van der Waals surface area contributed by atoms with E-state index in [1.165, 1.54) is 5.56 Å². The van der Waals surface area contributed by atoms with Gasteiger partial charge in [-0.15, -0.1) is 12.4 Å². The fourth-order valence-corrected chi connectivity index (χ4v) is 4.51. The van der Waals surface area contributed by atoms with Gasteiger partial charge in [-0.1, -0.05) is 29.8 Å². The van der Waals surface area contributed by atoms with Crippen LogP contribution < -0.4 is 10.6 Å². The van der Waals surface area contributed by atoms with Gasteiger partial charge >= 0.3 is 0 Å². The van der Waals surface area contributed by atoms with Crippen molar-refractivity contribution in [1.29, 1.82) is 0 Å². The number of carbonyl (C=O) groups is 1. The van der Waals surface area contributed by atoms with Gasteiger partial charge in [-0.3, -0.25) is 4.79 Å². The lowest BCUT2D eigenvalue weighted by atomic mass is 9.78. The molecule has 0 radical (unpaired) electrons. The summed E-state index contributed by atoms with van der Waals surface area (Å²) in [7, 11) is 0. The van der Waals surface area contributed by atoms with Crippen molar-refractivity contribution in [3.05, 3.63) is 28.2 Å². The van der Waals surface area contributed by atoms with Gasteiger partial charge < -0.3 is 15.4 Å². The zero-order chi connectivity index (χ0) is 17.3. The van der Waals surface area contributed by atoms with Crippen LogP contribution in [0, 0.1) is 5.92 Å². The van der Waals surface area contributed by atoms with E-state index in [1.807, 2.05) is 11.0 Å². The Morgan fingerprint density at radius 2 is 2.00 bits per heavy atom. The van der Waals surface area contributed by atoms with Gasteiger partial charge in [0.05, 0.1) is 6.04 Å². The molecule has 1 saturated heterocycles. The number of rotatable bonds is 4. The maximum atomic E-state index is 13.2. The van der Waals surface area contributed by atoms with E-state index in [2.05, 4.69) is 41.9 Å². The highest BCUT2D eigenvalue weighted by molar-refractivity contribution is 9.10. The minimum Gasteiger partial charge on any atom is -0.381 e. The molecule has 0 aromatic heterocycles. The molecule has 2 aliphatic heterocycles. The number of carbonyl (C=O) groups excluding carboxylic acids is 1. The summed E-state index contributed by atoms with van der Waals surface area (Å²) in [6.07, 6.45) is 3.79. The molecular weight excluding hydrogens is 404 g/mol. The average Bonchev–Trinajstić information content (AvgIpc) is 2.95. The van der Waals surface area contributed by atoms with E-state index in [0.717, 1.165) is 42.4 Å². The minimum atomic E-state index is -0.435. The number of anilines is 1. The normalized spacial score (nSPS) is 20.7. The lowest BCUT2D eigenvalue weighted by Crippen LogP contribution is -2.50. The van der Waals surface area contributed by atoms with Gasteiger partial charge in [0, 0.05) is 35.3 Å². The number of nitrogens with two attached hydrogens (primary N) is 1. The van der Waals surface area contributed by atoms with Gasteiger partial charge in [0.1, 0.15) is 0 Å². The van der Waals surface area contributed by atoms with Crippen LogP contribution in [0.1, 0.15) is 45.1 Å². The molecule has 25 heavy (non-hydrogen) atoms. The SMILES string of the molecule is CCC1(CC)CN(C(=O)C(N)C2CCOCC2)c2ccc(Br)cc21.Cl. The first-order valence-electron chi connectivity index (χ1n) is 8.97. The van der Waals surface area contributed by atoms with Crippen molar-refractivity contribution >= 4 is 39.9 Å². The van der Waals surface area contributed by atoms with Gasteiger partial charge in [0.15, 0.2) is 0 Å². The monoisotopic (exact) mass is 430 g/mol. The smallest absolute Gasteiger partial charge is 0.244 e. The predicted molar refractivity (Wildman–Crippen MR) is 108 cm³/mol. The number of halogens is 2. The topological polar surface area (TPSA) is 55.6 Å². The molecule has 1 aromatic rings. The molecule has 3 rings (SSSR count). The van der Waals surface area contributed by atoms with Crippen molar-refractivity contribution in [2.75, 3.05) is 24.7 Å². The molecule has 4 nitrogen and oxygen atoms in total. The van der Waals surface area contributed by atoms with Crippen molar-refractivity contribution in [3.63, 3.8) is 0 Å². The summed E-state index contributed by atoms with van der Waals surface area (Å²) in [5.74, 6) is 0.289. The highest BCUT2D eigenvalue weighted by Gasteiger charge is 2.44. The van der Waals surface area contributed by atoms with E-state index in [-0.39, 0.29) is 29.6 Å². The summed E-state index contributed by atoms with van der Waals surface area (Å²) in [6, 6.07) is 5.81. The van der Waals surface area contributed by atoms with E-state index in [1.54, 1.807) is 0 Å². The number of amides is 1. The molecule has 1 atom stereocenters. The quantitative estimate of drug-likeness (QED) is 0.783. The van der Waals surface area contributed by atoms with E-state index in [9.17, 15) is 4.79 Å². The zero-order valence-corrected chi connectivity index (χ0v) is 17.4. The first-order valence-corrected chi connectivity index (χ1v) is 9.76. The summed E-state index contributed by atoms with van der Waals surface area (Å²) < 4.78 is 6.47. The molecule has 2 aliphatic rings. The Balaban J connectivity index is 0.00000225. The Hall–Kier alpha value is -0.620. The lowest BCUT2D eigenvalue weighted by Gasteiger charge is -2.31. The van der Waals surface area contributed by atoms with Crippen LogP contribution in [0.5, 0.6) is 0 Å². The zero-order valence-electron chi connectivity index (χ0n) is 15.0. The maximum Gasteiger partial charge on any atom is 0.244 e. The number of nitrogens with zero attached hydrogens (tertiary/aromatic N) is 1. The molecule has 0 aliphatic carbocycles.